The van der Waals surface area contributed by atoms with E-state index in [9.17, 15) is 0 Å². The van der Waals surface area contributed by atoms with Gasteiger partial charge in [0.2, 0.25) is 0 Å². The lowest BCUT2D eigenvalue weighted by molar-refractivity contribution is 0.0758. The van der Waals surface area contributed by atoms with Gasteiger partial charge in [0.1, 0.15) is 5.84 Å². The van der Waals surface area contributed by atoms with Gasteiger partial charge in [0.05, 0.1) is 6.61 Å². The van der Waals surface area contributed by atoms with E-state index in [2.05, 4.69) is 10.4 Å². The SMILES string of the molecule is CN=C(NN)C1CCCOC1. The van der Waals surface area contributed by atoms with Crippen LogP contribution in [-0.4, -0.2) is 26.1 Å². The van der Waals surface area contributed by atoms with Gasteiger partial charge >= 0.3 is 0 Å². The van der Waals surface area contributed by atoms with Gasteiger partial charge in [-0.15, -0.1) is 0 Å². The standard InChI is InChI=1S/C7H15N3O/c1-9-7(10-8)6-3-2-4-11-5-6/h6H,2-5,8H2,1H3,(H,9,10). The van der Waals surface area contributed by atoms with Crippen molar-refractivity contribution in [3.8, 4) is 0 Å². The molecule has 11 heavy (non-hydrogen) atoms. The third-order valence-corrected chi connectivity index (χ3v) is 1.94. The van der Waals surface area contributed by atoms with Crippen molar-refractivity contribution in [2.75, 3.05) is 20.3 Å². The number of amidine groups is 1. The second kappa shape index (κ2) is 4.31. The maximum atomic E-state index is 5.29. The molecule has 1 heterocycles. The van der Waals surface area contributed by atoms with Gasteiger partial charge in [-0.25, -0.2) is 5.84 Å². The predicted octanol–water partition coefficient (Wildman–Crippen LogP) is -0.0954. The molecule has 1 unspecified atom stereocenters. The molecular weight excluding hydrogens is 142 g/mol. The Morgan fingerprint density at radius 3 is 3.00 bits per heavy atom. The summed E-state index contributed by atoms with van der Waals surface area (Å²) in [4.78, 5) is 4.03. The number of ether oxygens (including phenoxy) is 1. The number of hydrogen-bond donors (Lipinski definition) is 2. The van der Waals surface area contributed by atoms with E-state index in [-0.39, 0.29) is 0 Å². The quantitative estimate of drug-likeness (QED) is 0.242. The number of nitrogens with one attached hydrogen (secondary N) is 1. The van der Waals surface area contributed by atoms with E-state index in [0.717, 1.165) is 31.9 Å². The summed E-state index contributed by atoms with van der Waals surface area (Å²) in [6.07, 6.45) is 2.22. The summed E-state index contributed by atoms with van der Waals surface area (Å²) >= 11 is 0. The number of aliphatic imine (C=N–C) groups is 1. The van der Waals surface area contributed by atoms with Crippen LogP contribution in [0.5, 0.6) is 0 Å². The number of hydrazine groups is 1. The number of hydrogen-bond acceptors (Lipinski definition) is 3. The lowest BCUT2D eigenvalue weighted by atomic mass is 10.0. The fourth-order valence-corrected chi connectivity index (χ4v) is 1.32. The first-order valence-electron chi connectivity index (χ1n) is 3.89. The third-order valence-electron chi connectivity index (χ3n) is 1.94. The lowest BCUT2D eigenvalue weighted by Crippen LogP contribution is -2.39. The van der Waals surface area contributed by atoms with Crippen molar-refractivity contribution in [1.29, 1.82) is 0 Å². The highest BCUT2D eigenvalue weighted by Crippen LogP contribution is 2.13. The Kier molecular flexibility index (Phi) is 3.32. The lowest BCUT2D eigenvalue weighted by Gasteiger charge is -2.22. The van der Waals surface area contributed by atoms with Crippen molar-refractivity contribution in [2.45, 2.75) is 12.8 Å². The zero-order valence-electron chi connectivity index (χ0n) is 6.84. The molecule has 1 aliphatic heterocycles. The van der Waals surface area contributed by atoms with Crippen LogP contribution in [0, 0.1) is 5.92 Å². The molecule has 64 valence electrons. The summed E-state index contributed by atoms with van der Waals surface area (Å²) in [5.41, 5.74) is 2.59. The van der Waals surface area contributed by atoms with E-state index in [1.807, 2.05) is 0 Å². The molecule has 0 aromatic rings. The fraction of sp³-hybridized carbons (Fsp3) is 0.857. The van der Waals surface area contributed by atoms with Crippen LogP contribution < -0.4 is 11.3 Å². The normalized spacial score (nSPS) is 26.7. The van der Waals surface area contributed by atoms with Crippen LogP contribution in [0.1, 0.15) is 12.8 Å². The topological polar surface area (TPSA) is 59.6 Å². The molecule has 1 fully saturated rings. The monoisotopic (exact) mass is 157 g/mol. The molecule has 1 aliphatic rings. The van der Waals surface area contributed by atoms with Gasteiger partial charge in [-0.2, -0.15) is 0 Å². The van der Waals surface area contributed by atoms with Crippen LogP contribution in [0.25, 0.3) is 0 Å². The van der Waals surface area contributed by atoms with Crippen molar-refractivity contribution >= 4 is 5.84 Å². The molecule has 0 radical (unpaired) electrons. The Morgan fingerprint density at radius 1 is 1.73 bits per heavy atom. The highest BCUT2D eigenvalue weighted by atomic mass is 16.5. The Labute approximate surface area is 66.8 Å². The van der Waals surface area contributed by atoms with Gasteiger partial charge in [0.15, 0.2) is 0 Å². The Balaban J connectivity index is 2.43. The van der Waals surface area contributed by atoms with E-state index in [1.165, 1.54) is 0 Å². The van der Waals surface area contributed by atoms with Crippen LogP contribution >= 0.6 is 0 Å². The van der Waals surface area contributed by atoms with Gasteiger partial charge in [-0.3, -0.25) is 4.99 Å². The summed E-state index contributed by atoms with van der Waals surface area (Å²) in [6.45, 7) is 1.62. The van der Waals surface area contributed by atoms with Gasteiger partial charge in [0.25, 0.3) is 0 Å². The predicted molar refractivity (Wildman–Crippen MR) is 44.2 cm³/mol. The summed E-state index contributed by atoms with van der Waals surface area (Å²) in [7, 11) is 1.74. The second-order valence-corrected chi connectivity index (χ2v) is 2.67. The van der Waals surface area contributed by atoms with Crippen molar-refractivity contribution in [2.24, 2.45) is 16.8 Å². The molecule has 1 rings (SSSR count). The molecule has 0 aliphatic carbocycles. The zero-order valence-corrected chi connectivity index (χ0v) is 6.84. The second-order valence-electron chi connectivity index (χ2n) is 2.67. The van der Waals surface area contributed by atoms with Crippen molar-refractivity contribution in [3.05, 3.63) is 0 Å². The van der Waals surface area contributed by atoms with Crippen LogP contribution in [0.15, 0.2) is 4.99 Å². The molecule has 0 spiro atoms. The molecule has 4 nitrogen and oxygen atoms in total. The first-order valence-corrected chi connectivity index (χ1v) is 3.89. The van der Waals surface area contributed by atoms with Gasteiger partial charge in [0, 0.05) is 19.6 Å². The van der Waals surface area contributed by atoms with Crippen LogP contribution in [0.4, 0.5) is 0 Å². The van der Waals surface area contributed by atoms with Crippen molar-refractivity contribution < 1.29 is 4.74 Å². The highest BCUT2D eigenvalue weighted by Gasteiger charge is 2.18. The molecule has 0 aromatic carbocycles. The van der Waals surface area contributed by atoms with Gasteiger partial charge in [-0.1, -0.05) is 0 Å². The van der Waals surface area contributed by atoms with E-state index in [1.54, 1.807) is 7.05 Å². The average molecular weight is 157 g/mol. The Bertz CT molecular complexity index is 141. The van der Waals surface area contributed by atoms with Gasteiger partial charge in [-0.05, 0) is 12.8 Å². The third kappa shape index (κ3) is 2.17. The summed E-state index contributed by atoms with van der Waals surface area (Å²) in [5, 5.41) is 0. The van der Waals surface area contributed by atoms with Crippen LogP contribution in [0.3, 0.4) is 0 Å². The molecule has 3 N–H and O–H groups in total. The first-order chi connectivity index (χ1) is 5.38. The molecule has 1 atom stereocenters. The van der Waals surface area contributed by atoms with Crippen molar-refractivity contribution in [1.82, 2.24) is 5.43 Å². The molecule has 4 heteroatoms. The number of nitrogens with zero attached hydrogens (tertiary/aromatic N) is 1. The van der Waals surface area contributed by atoms with Crippen molar-refractivity contribution in [3.63, 3.8) is 0 Å². The van der Waals surface area contributed by atoms with Crippen LogP contribution in [-0.2, 0) is 4.74 Å². The van der Waals surface area contributed by atoms with E-state index in [0.29, 0.717) is 5.92 Å². The molecule has 0 aromatic heterocycles. The summed E-state index contributed by atoms with van der Waals surface area (Å²) < 4.78 is 5.29. The molecular formula is C7H15N3O. The first kappa shape index (κ1) is 8.49. The minimum atomic E-state index is 0.374. The van der Waals surface area contributed by atoms with E-state index in [4.69, 9.17) is 10.6 Å². The Hall–Kier alpha value is -0.610. The molecule has 1 saturated heterocycles. The minimum absolute atomic E-state index is 0.374. The van der Waals surface area contributed by atoms with E-state index < -0.39 is 0 Å². The number of nitrogens with two attached hydrogens (primary N) is 1. The number of rotatable bonds is 1. The summed E-state index contributed by atoms with van der Waals surface area (Å²) in [6, 6.07) is 0. The van der Waals surface area contributed by atoms with E-state index >= 15 is 0 Å². The zero-order chi connectivity index (χ0) is 8.10. The molecule has 0 saturated carbocycles. The van der Waals surface area contributed by atoms with Crippen LogP contribution in [0.2, 0.25) is 0 Å². The minimum Gasteiger partial charge on any atom is -0.381 e. The summed E-state index contributed by atoms with van der Waals surface area (Å²) in [5.74, 6) is 6.50. The molecule has 0 amide bonds. The maximum Gasteiger partial charge on any atom is 0.115 e. The highest BCUT2D eigenvalue weighted by molar-refractivity contribution is 5.84. The fourth-order valence-electron chi connectivity index (χ4n) is 1.32. The Morgan fingerprint density at radius 2 is 2.55 bits per heavy atom. The van der Waals surface area contributed by atoms with Gasteiger partial charge < -0.3 is 10.2 Å². The molecule has 0 bridgehead atoms. The largest absolute Gasteiger partial charge is 0.381 e. The maximum absolute atomic E-state index is 5.29. The smallest absolute Gasteiger partial charge is 0.115 e. The average Bonchev–Trinajstić information content (AvgIpc) is 2.09.